The van der Waals surface area contributed by atoms with Crippen molar-refractivity contribution in [2.24, 2.45) is 5.84 Å². The third kappa shape index (κ3) is 5.77. The van der Waals surface area contributed by atoms with Gasteiger partial charge in [0.25, 0.3) is 5.91 Å². The number of carbonyl (C=O) groups is 1. The lowest BCUT2D eigenvalue weighted by molar-refractivity contribution is 0.0948. The van der Waals surface area contributed by atoms with Crippen molar-refractivity contribution in [1.29, 1.82) is 0 Å². The maximum atomic E-state index is 11.2. The molecule has 0 bridgehead atoms. The fraction of sp³-hybridized carbons (Fsp3) is 0.727. The number of nitrogens with zero attached hydrogens (tertiary/aromatic N) is 5. The Kier molecular flexibility index (Phi) is 6.40. The summed E-state index contributed by atoms with van der Waals surface area (Å²) in [6.07, 6.45) is 2.72. The Morgan fingerprint density at radius 1 is 1.37 bits per heavy atom. The highest BCUT2D eigenvalue weighted by Gasteiger charge is 2.09. The smallest absolute Gasteiger partial charge is 0.287 e. The molecule has 8 nitrogen and oxygen atoms in total. The van der Waals surface area contributed by atoms with Crippen LogP contribution in [0.3, 0.4) is 0 Å². The number of nitrogen functional groups attached to an aromatic ring is 1. The van der Waals surface area contributed by atoms with Gasteiger partial charge in [0.05, 0.1) is 12.7 Å². The minimum Gasteiger partial charge on any atom is -0.309 e. The van der Waals surface area contributed by atoms with Crippen LogP contribution in [0.1, 0.15) is 16.9 Å². The molecule has 8 heteroatoms. The minimum atomic E-state index is -0.425. The van der Waals surface area contributed by atoms with Crippen molar-refractivity contribution in [2.45, 2.75) is 13.0 Å². The van der Waals surface area contributed by atoms with Gasteiger partial charge in [-0.2, -0.15) is 0 Å². The van der Waals surface area contributed by atoms with E-state index in [1.165, 1.54) is 0 Å². The van der Waals surface area contributed by atoms with Crippen LogP contribution in [0, 0.1) is 0 Å². The molecule has 1 amide bonds. The Hall–Kier alpha value is -1.51. The second-order valence-corrected chi connectivity index (χ2v) is 4.80. The number of likely N-dealkylation sites (N-methyl/N-ethyl adjacent to an activating group) is 1. The van der Waals surface area contributed by atoms with Crippen molar-refractivity contribution >= 4 is 5.91 Å². The van der Waals surface area contributed by atoms with Crippen LogP contribution in [-0.2, 0) is 6.54 Å². The molecular formula is C11H23N7O. The van der Waals surface area contributed by atoms with Gasteiger partial charge in [-0.25, -0.2) is 5.84 Å². The number of amides is 1. The van der Waals surface area contributed by atoms with E-state index in [-0.39, 0.29) is 5.69 Å². The Morgan fingerprint density at radius 2 is 2.11 bits per heavy atom. The molecule has 108 valence electrons. The number of rotatable bonds is 8. The third-order valence-electron chi connectivity index (χ3n) is 2.76. The first kappa shape index (κ1) is 15.5. The molecule has 3 N–H and O–H groups in total. The van der Waals surface area contributed by atoms with Crippen LogP contribution in [0.4, 0.5) is 0 Å². The molecule has 0 aromatic carbocycles. The lowest BCUT2D eigenvalue weighted by Gasteiger charge is -2.17. The molecule has 1 aromatic rings. The van der Waals surface area contributed by atoms with Crippen molar-refractivity contribution in [3.05, 3.63) is 11.9 Å². The van der Waals surface area contributed by atoms with Gasteiger partial charge in [0.15, 0.2) is 5.69 Å². The van der Waals surface area contributed by atoms with E-state index in [1.807, 2.05) is 5.43 Å². The molecule has 0 aliphatic rings. The van der Waals surface area contributed by atoms with Crippen LogP contribution < -0.4 is 11.3 Å². The first-order valence-electron chi connectivity index (χ1n) is 6.27. The average Bonchev–Trinajstić information content (AvgIpc) is 2.83. The average molecular weight is 269 g/mol. The molecule has 0 radical (unpaired) electrons. The third-order valence-corrected chi connectivity index (χ3v) is 2.76. The molecule has 1 rings (SSSR count). The molecule has 0 aliphatic heterocycles. The summed E-state index contributed by atoms with van der Waals surface area (Å²) in [5.41, 5.74) is 2.26. The first-order valence-corrected chi connectivity index (χ1v) is 6.27. The summed E-state index contributed by atoms with van der Waals surface area (Å²) >= 11 is 0. The molecule has 0 saturated heterocycles. The van der Waals surface area contributed by atoms with Crippen LogP contribution in [0.2, 0.25) is 0 Å². The van der Waals surface area contributed by atoms with Gasteiger partial charge in [-0.1, -0.05) is 5.21 Å². The molecule has 0 fully saturated rings. The van der Waals surface area contributed by atoms with Crippen LogP contribution in [0.15, 0.2) is 6.20 Å². The van der Waals surface area contributed by atoms with Gasteiger partial charge in [0.2, 0.25) is 0 Å². The summed E-state index contributed by atoms with van der Waals surface area (Å²) in [6.45, 7) is 3.67. The predicted octanol–water partition coefficient (Wildman–Crippen LogP) is -1.23. The minimum absolute atomic E-state index is 0.234. The van der Waals surface area contributed by atoms with Crippen LogP contribution in [0.25, 0.3) is 0 Å². The molecule has 0 unspecified atom stereocenters. The van der Waals surface area contributed by atoms with Gasteiger partial charge in [0, 0.05) is 6.54 Å². The number of hydrogen-bond donors (Lipinski definition) is 2. The zero-order chi connectivity index (χ0) is 14.3. The molecule has 0 atom stereocenters. The standard InChI is InChI=1S/C11H23N7O/c1-16(2)5-4-6-17(3)7-8-18-9-10(14-15-18)11(19)13-12/h9H,4-8,12H2,1-3H3,(H,13,19). The monoisotopic (exact) mass is 269 g/mol. The van der Waals surface area contributed by atoms with E-state index < -0.39 is 5.91 Å². The highest BCUT2D eigenvalue weighted by molar-refractivity contribution is 5.91. The second-order valence-electron chi connectivity index (χ2n) is 4.80. The van der Waals surface area contributed by atoms with E-state index in [9.17, 15) is 4.79 Å². The fourth-order valence-corrected chi connectivity index (χ4v) is 1.63. The zero-order valence-corrected chi connectivity index (χ0v) is 11.8. The molecule has 0 spiro atoms. The SMILES string of the molecule is CN(C)CCCN(C)CCn1cc(C(=O)NN)nn1. The fourth-order valence-electron chi connectivity index (χ4n) is 1.63. The van der Waals surface area contributed by atoms with E-state index in [0.717, 1.165) is 26.1 Å². The van der Waals surface area contributed by atoms with E-state index in [2.05, 4.69) is 41.3 Å². The van der Waals surface area contributed by atoms with E-state index in [4.69, 9.17) is 5.84 Å². The maximum Gasteiger partial charge on any atom is 0.287 e. The van der Waals surface area contributed by atoms with Gasteiger partial charge in [0.1, 0.15) is 0 Å². The number of hydrazine groups is 1. The highest BCUT2D eigenvalue weighted by Crippen LogP contribution is 1.95. The lowest BCUT2D eigenvalue weighted by Crippen LogP contribution is -2.30. The van der Waals surface area contributed by atoms with Crippen molar-refractivity contribution < 1.29 is 4.79 Å². The van der Waals surface area contributed by atoms with Crippen LogP contribution in [-0.4, -0.2) is 71.5 Å². The summed E-state index contributed by atoms with van der Waals surface area (Å²) in [4.78, 5) is 15.6. The molecular weight excluding hydrogens is 246 g/mol. The molecule has 1 heterocycles. The maximum absolute atomic E-state index is 11.2. The number of carbonyl (C=O) groups excluding carboxylic acids is 1. The van der Waals surface area contributed by atoms with Crippen molar-refractivity contribution in [1.82, 2.24) is 30.2 Å². The Morgan fingerprint density at radius 3 is 2.74 bits per heavy atom. The Labute approximate surface area is 113 Å². The van der Waals surface area contributed by atoms with Gasteiger partial charge >= 0.3 is 0 Å². The largest absolute Gasteiger partial charge is 0.309 e. The normalized spacial score (nSPS) is 11.3. The number of hydrogen-bond acceptors (Lipinski definition) is 6. The van der Waals surface area contributed by atoms with Crippen molar-refractivity contribution in [3.63, 3.8) is 0 Å². The van der Waals surface area contributed by atoms with Crippen LogP contribution in [0.5, 0.6) is 0 Å². The van der Waals surface area contributed by atoms with Crippen LogP contribution >= 0.6 is 0 Å². The summed E-state index contributed by atoms with van der Waals surface area (Å²) < 4.78 is 1.65. The molecule has 0 saturated carbocycles. The topological polar surface area (TPSA) is 92.3 Å². The van der Waals surface area contributed by atoms with Crippen molar-refractivity contribution in [2.75, 3.05) is 40.8 Å². The summed E-state index contributed by atoms with van der Waals surface area (Å²) in [5.74, 6) is 4.60. The van der Waals surface area contributed by atoms with Gasteiger partial charge in [-0.05, 0) is 40.7 Å². The van der Waals surface area contributed by atoms with E-state index in [1.54, 1.807) is 10.9 Å². The number of nitrogens with one attached hydrogen (secondary N) is 1. The van der Waals surface area contributed by atoms with Gasteiger partial charge < -0.3 is 9.80 Å². The second kappa shape index (κ2) is 7.82. The summed E-state index contributed by atoms with van der Waals surface area (Å²) in [7, 11) is 6.21. The zero-order valence-electron chi connectivity index (χ0n) is 11.8. The number of nitrogens with two attached hydrogens (primary N) is 1. The molecule has 0 aliphatic carbocycles. The highest BCUT2D eigenvalue weighted by atomic mass is 16.2. The molecule has 1 aromatic heterocycles. The van der Waals surface area contributed by atoms with Gasteiger partial charge in [-0.3, -0.25) is 14.9 Å². The predicted molar refractivity (Wildman–Crippen MR) is 72.3 cm³/mol. The summed E-state index contributed by atoms with van der Waals surface area (Å²) in [6, 6.07) is 0. The van der Waals surface area contributed by atoms with Crippen molar-refractivity contribution in [3.8, 4) is 0 Å². The first-order chi connectivity index (χ1) is 9.02. The van der Waals surface area contributed by atoms with E-state index in [0.29, 0.717) is 6.54 Å². The van der Waals surface area contributed by atoms with Gasteiger partial charge in [-0.15, -0.1) is 5.10 Å². The molecule has 19 heavy (non-hydrogen) atoms. The van der Waals surface area contributed by atoms with E-state index >= 15 is 0 Å². The quantitative estimate of drug-likeness (QED) is 0.348. The lowest BCUT2D eigenvalue weighted by atomic mass is 10.3. The summed E-state index contributed by atoms with van der Waals surface area (Å²) in [5, 5.41) is 7.63. The Balaban J connectivity index is 2.28. The Bertz CT molecular complexity index is 390. The number of aromatic nitrogens is 3.